The molecule has 0 bridgehead atoms. The molecule has 6 nitrogen and oxygen atoms in total. The van der Waals surface area contributed by atoms with E-state index in [1.54, 1.807) is 36.5 Å². The first-order valence-electron chi connectivity index (χ1n) is 7.82. The van der Waals surface area contributed by atoms with Gasteiger partial charge < -0.3 is 16.0 Å². The second-order valence-corrected chi connectivity index (χ2v) is 5.95. The molecule has 0 atom stereocenters. The minimum Gasteiger partial charge on any atom is -0.384 e. The predicted molar refractivity (Wildman–Crippen MR) is 96.3 cm³/mol. The topological polar surface area (TPSA) is 83.1 Å². The molecule has 0 spiro atoms. The van der Waals surface area contributed by atoms with Gasteiger partial charge in [-0.2, -0.15) is 0 Å². The molecule has 0 saturated heterocycles. The van der Waals surface area contributed by atoms with Crippen molar-refractivity contribution in [3.05, 3.63) is 48.3 Å². The molecule has 0 aliphatic rings. The van der Waals surface area contributed by atoms with E-state index in [1.165, 1.54) is 13.1 Å². The van der Waals surface area contributed by atoms with Crippen LogP contribution in [0.5, 0.6) is 0 Å². The average molecular weight is 326 g/mol. The first kappa shape index (κ1) is 17.5. The Hall–Kier alpha value is -2.89. The molecule has 2 rings (SSSR count). The van der Waals surface area contributed by atoms with Crippen molar-refractivity contribution in [3.8, 4) is 0 Å². The van der Waals surface area contributed by atoms with Crippen LogP contribution < -0.4 is 16.0 Å². The third kappa shape index (κ3) is 5.39. The smallest absolute Gasteiger partial charge is 0.257 e. The number of nitrogens with zero attached hydrogens (tertiary/aromatic N) is 1. The highest BCUT2D eigenvalue weighted by Crippen LogP contribution is 2.17. The fourth-order valence-corrected chi connectivity index (χ4v) is 2.06. The highest BCUT2D eigenvalue weighted by atomic mass is 16.2. The minimum absolute atomic E-state index is 0.161. The van der Waals surface area contributed by atoms with Crippen molar-refractivity contribution >= 4 is 28.9 Å². The van der Waals surface area contributed by atoms with Crippen LogP contribution in [0.2, 0.25) is 0 Å². The Balaban J connectivity index is 2.07. The fraction of sp³-hybridized carbons (Fsp3) is 0.278. The van der Waals surface area contributed by atoms with Crippen LogP contribution in [0.3, 0.4) is 0 Å². The standard InChI is InChI=1S/C18H22N4O2/c1-12(2)9-20-17-7-14(10-19-11-17)18(24)22-16-6-4-5-15(8-16)21-13(3)23/h4-8,10-12,20H,9H2,1-3H3,(H,21,23)(H,22,24). The van der Waals surface area contributed by atoms with Gasteiger partial charge in [0.05, 0.1) is 11.3 Å². The molecule has 1 heterocycles. The van der Waals surface area contributed by atoms with E-state index in [0.717, 1.165) is 12.2 Å². The first-order chi connectivity index (χ1) is 11.4. The zero-order valence-corrected chi connectivity index (χ0v) is 14.1. The number of benzene rings is 1. The highest BCUT2D eigenvalue weighted by molar-refractivity contribution is 6.05. The summed E-state index contributed by atoms with van der Waals surface area (Å²) in [5.74, 6) is 0.0845. The SMILES string of the molecule is CC(=O)Nc1cccc(NC(=O)c2cncc(NCC(C)C)c2)c1. The molecule has 24 heavy (non-hydrogen) atoms. The van der Waals surface area contributed by atoms with Gasteiger partial charge in [0.1, 0.15) is 0 Å². The Labute approximate surface area is 141 Å². The van der Waals surface area contributed by atoms with Crippen LogP contribution in [0.1, 0.15) is 31.1 Å². The Morgan fingerprint density at radius 1 is 1.04 bits per heavy atom. The largest absolute Gasteiger partial charge is 0.384 e. The molecular weight excluding hydrogens is 304 g/mol. The molecule has 3 N–H and O–H groups in total. The van der Waals surface area contributed by atoms with Gasteiger partial charge >= 0.3 is 0 Å². The normalized spacial score (nSPS) is 10.3. The van der Waals surface area contributed by atoms with E-state index < -0.39 is 0 Å². The predicted octanol–water partition coefficient (Wildman–Crippen LogP) is 3.36. The van der Waals surface area contributed by atoms with Crippen molar-refractivity contribution in [2.24, 2.45) is 5.92 Å². The van der Waals surface area contributed by atoms with Gasteiger partial charge in [0, 0.05) is 37.2 Å². The van der Waals surface area contributed by atoms with Crippen LogP contribution in [0.15, 0.2) is 42.7 Å². The number of pyridine rings is 1. The number of hydrogen-bond donors (Lipinski definition) is 3. The zero-order valence-electron chi connectivity index (χ0n) is 14.1. The molecule has 126 valence electrons. The zero-order chi connectivity index (χ0) is 17.5. The van der Waals surface area contributed by atoms with Crippen LogP contribution in [0.4, 0.5) is 17.1 Å². The second kappa shape index (κ2) is 8.10. The van der Waals surface area contributed by atoms with Crippen molar-refractivity contribution < 1.29 is 9.59 Å². The monoisotopic (exact) mass is 326 g/mol. The second-order valence-electron chi connectivity index (χ2n) is 5.95. The lowest BCUT2D eigenvalue weighted by Crippen LogP contribution is -2.14. The van der Waals surface area contributed by atoms with Crippen molar-refractivity contribution in [1.82, 2.24) is 4.98 Å². The van der Waals surface area contributed by atoms with Crippen LogP contribution in [0, 0.1) is 5.92 Å². The van der Waals surface area contributed by atoms with E-state index in [-0.39, 0.29) is 11.8 Å². The molecule has 0 radical (unpaired) electrons. The number of aromatic nitrogens is 1. The van der Waals surface area contributed by atoms with E-state index in [4.69, 9.17) is 0 Å². The van der Waals surface area contributed by atoms with E-state index >= 15 is 0 Å². The van der Waals surface area contributed by atoms with E-state index in [0.29, 0.717) is 22.9 Å². The van der Waals surface area contributed by atoms with Crippen molar-refractivity contribution in [2.45, 2.75) is 20.8 Å². The average Bonchev–Trinajstić information content (AvgIpc) is 2.53. The van der Waals surface area contributed by atoms with Gasteiger partial charge in [0.15, 0.2) is 0 Å². The third-order valence-corrected chi connectivity index (χ3v) is 3.16. The summed E-state index contributed by atoms with van der Waals surface area (Å²) in [6, 6.07) is 8.75. The lowest BCUT2D eigenvalue weighted by molar-refractivity contribution is -0.114. The van der Waals surface area contributed by atoms with Crippen LogP contribution in [-0.2, 0) is 4.79 Å². The molecule has 0 aliphatic heterocycles. The molecule has 1 aromatic carbocycles. The maximum Gasteiger partial charge on any atom is 0.257 e. The van der Waals surface area contributed by atoms with Gasteiger partial charge in [0.2, 0.25) is 5.91 Å². The van der Waals surface area contributed by atoms with Crippen molar-refractivity contribution in [2.75, 3.05) is 22.5 Å². The summed E-state index contributed by atoms with van der Waals surface area (Å²) in [5.41, 5.74) is 2.51. The number of amides is 2. The molecule has 0 saturated carbocycles. The van der Waals surface area contributed by atoms with E-state index in [2.05, 4.69) is 34.8 Å². The highest BCUT2D eigenvalue weighted by Gasteiger charge is 2.08. The fourth-order valence-electron chi connectivity index (χ4n) is 2.06. The van der Waals surface area contributed by atoms with Crippen molar-refractivity contribution in [1.29, 1.82) is 0 Å². The molecule has 0 aliphatic carbocycles. The number of carbonyl (C=O) groups excluding carboxylic acids is 2. The van der Waals surface area contributed by atoms with Gasteiger partial charge in [-0.1, -0.05) is 19.9 Å². The molecule has 2 aromatic rings. The van der Waals surface area contributed by atoms with Gasteiger partial charge in [-0.05, 0) is 30.2 Å². The minimum atomic E-state index is -0.254. The number of nitrogens with one attached hydrogen (secondary N) is 3. The Bertz CT molecular complexity index is 728. The summed E-state index contributed by atoms with van der Waals surface area (Å²) in [6.07, 6.45) is 3.21. The number of carbonyl (C=O) groups is 2. The summed E-state index contributed by atoms with van der Waals surface area (Å²) >= 11 is 0. The number of anilines is 3. The van der Waals surface area contributed by atoms with Crippen LogP contribution >= 0.6 is 0 Å². The van der Waals surface area contributed by atoms with Crippen LogP contribution in [0.25, 0.3) is 0 Å². The maximum atomic E-state index is 12.4. The summed E-state index contributed by atoms with van der Waals surface area (Å²) in [7, 11) is 0. The van der Waals surface area contributed by atoms with E-state index in [9.17, 15) is 9.59 Å². The summed E-state index contributed by atoms with van der Waals surface area (Å²) in [4.78, 5) is 27.6. The number of rotatable bonds is 6. The summed E-state index contributed by atoms with van der Waals surface area (Å²) in [6.45, 7) is 6.47. The number of hydrogen-bond acceptors (Lipinski definition) is 4. The van der Waals surface area contributed by atoms with Gasteiger partial charge in [-0.3, -0.25) is 14.6 Å². The van der Waals surface area contributed by atoms with Crippen LogP contribution in [-0.4, -0.2) is 23.3 Å². The molecular formula is C18H22N4O2. The summed E-state index contributed by atoms with van der Waals surface area (Å²) < 4.78 is 0. The lowest BCUT2D eigenvalue weighted by Gasteiger charge is -2.11. The third-order valence-electron chi connectivity index (χ3n) is 3.16. The Morgan fingerprint density at radius 3 is 2.42 bits per heavy atom. The van der Waals surface area contributed by atoms with Gasteiger partial charge in [-0.15, -0.1) is 0 Å². The molecule has 2 amide bonds. The maximum absolute atomic E-state index is 12.4. The quantitative estimate of drug-likeness (QED) is 0.760. The molecule has 0 unspecified atom stereocenters. The van der Waals surface area contributed by atoms with E-state index in [1.807, 2.05) is 0 Å². The van der Waals surface area contributed by atoms with Gasteiger partial charge in [-0.25, -0.2) is 0 Å². The summed E-state index contributed by atoms with van der Waals surface area (Å²) in [5, 5.41) is 8.73. The molecule has 1 aromatic heterocycles. The lowest BCUT2D eigenvalue weighted by atomic mass is 10.2. The molecule has 0 fully saturated rings. The molecule has 6 heteroatoms. The Kier molecular flexibility index (Phi) is 5.89. The van der Waals surface area contributed by atoms with Crippen molar-refractivity contribution in [3.63, 3.8) is 0 Å². The first-order valence-corrected chi connectivity index (χ1v) is 7.82. The Morgan fingerprint density at radius 2 is 1.75 bits per heavy atom. The van der Waals surface area contributed by atoms with Gasteiger partial charge in [0.25, 0.3) is 5.91 Å².